The van der Waals surface area contributed by atoms with Crippen LogP contribution < -0.4 is 5.32 Å². The van der Waals surface area contributed by atoms with Crippen molar-refractivity contribution in [3.8, 4) is 11.5 Å². The fourth-order valence-electron chi connectivity index (χ4n) is 8.74. The molecule has 0 saturated carbocycles. The maximum Gasteiger partial charge on any atom is 0.255 e. The Morgan fingerprint density at radius 1 is 1.02 bits per heavy atom. The van der Waals surface area contributed by atoms with Gasteiger partial charge in [0.05, 0.1) is 59.7 Å². The number of aliphatic hydroxyl groups is 4. The number of aliphatic hydroxyl groups excluding tert-OH is 3. The van der Waals surface area contributed by atoms with Crippen LogP contribution in [0, 0.1) is 18.7 Å². The van der Waals surface area contributed by atoms with Crippen LogP contribution in [-0.4, -0.2) is 122 Å². The highest BCUT2D eigenvalue weighted by Gasteiger charge is 2.72. The summed E-state index contributed by atoms with van der Waals surface area (Å²) in [6, 6.07) is 7.38. The van der Waals surface area contributed by atoms with Crippen molar-refractivity contribution in [2.45, 2.75) is 75.1 Å². The molecule has 3 aromatic carbocycles. The van der Waals surface area contributed by atoms with Gasteiger partial charge in [-0.05, 0) is 48.7 Å². The first-order valence-electron chi connectivity index (χ1n) is 17.9. The zero-order valence-electron chi connectivity index (χ0n) is 31.0. The number of phenolic OH excluding ortho intramolecular Hbond substituents is 2. The van der Waals surface area contributed by atoms with Crippen LogP contribution in [0.3, 0.4) is 0 Å². The van der Waals surface area contributed by atoms with Gasteiger partial charge in [0.15, 0.2) is 23.2 Å². The van der Waals surface area contributed by atoms with E-state index in [1.807, 2.05) is 0 Å². The van der Waals surface area contributed by atoms with E-state index in [0.29, 0.717) is 5.56 Å². The van der Waals surface area contributed by atoms with Crippen LogP contribution in [0.5, 0.6) is 11.5 Å². The zero-order valence-corrected chi connectivity index (χ0v) is 31.0. The molecule has 1 unspecified atom stereocenters. The minimum Gasteiger partial charge on any atom is -0.507 e. The molecule has 7 N–H and O–H groups in total. The fourth-order valence-corrected chi connectivity index (χ4v) is 8.74. The molecule has 1 amide bonds. The van der Waals surface area contributed by atoms with E-state index in [-0.39, 0.29) is 17.7 Å². The van der Waals surface area contributed by atoms with Gasteiger partial charge in [0.2, 0.25) is 17.3 Å². The third-order valence-electron chi connectivity index (χ3n) is 11.6. The van der Waals surface area contributed by atoms with E-state index in [1.165, 1.54) is 44.4 Å². The summed E-state index contributed by atoms with van der Waals surface area (Å²) >= 11 is 0. The Kier molecular flexibility index (Phi) is 10.0. The van der Waals surface area contributed by atoms with E-state index in [9.17, 15) is 59.0 Å². The first-order valence-corrected chi connectivity index (χ1v) is 17.9. The number of nitrogens with zero attached hydrogens (tertiary/aromatic N) is 1. The predicted molar refractivity (Wildman–Crippen MR) is 193 cm³/mol. The number of benzene rings is 3. The van der Waals surface area contributed by atoms with Crippen LogP contribution in [0.15, 0.2) is 41.4 Å². The number of aryl methyl sites for hydroxylation is 1. The number of rotatable bonds is 7. The van der Waals surface area contributed by atoms with Crippen molar-refractivity contribution < 1.29 is 73.2 Å². The van der Waals surface area contributed by atoms with Crippen molar-refractivity contribution in [1.29, 1.82) is 0 Å². The SMILES string of the molecule is CO[C@@H]1[C@@H](O)[C@@H](CO)C(N=C2CC(=O)c3c(cc4c(c3O)C(=O)[C@]3(OC)[C@H](O)Cc5cc(C)c(C(=O)NCc6ccc(F)cc6)c(O)c5[C@]3(O)C4=O)C2=O)O[C@H]1C. The summed E-state index contributed by atoms with van der Waals surface area (Å²) < 4.78 is 30.1. The highest BCUT2D eigenvalue weighted by Crippen LogP contribution is 2.56. The number of ketones is 4. The molecule has 3 aliphatic carbocycles. The molecule has 1 heterocycles. The van der Waals surface area contributed by atoms with Gasteiger partial charge in [0.1, 0.15) is 23.4 Å². The van der Waals surface area contributed by atoms with Gasteiger partial charge in [-0.2, -0.15) is 0 Å². The van der Waals surface area contributed by atoms with Crippen molar-refractivity contribution in [3.05, 3.63) is 92.3 Å². The molecule has 1 saturated heterocycles. The summed E-state index contributed by atoms with van der Waals surface area (Å²) in [4.78, 5) is 75.0. The third-order valence-corrected chi connectivity index (χ3v) is 11.6. The van der Waals surface area contributed by atoms with Gasteiger partial charge in [-0.3, -0.25) is 29.0 Å². The third kappa shape index (κ3) is 5.67. The van der Waals surface area contributed by atoms with Gasteiger partial charge >= 0.3 is 0 Å². The van der Waals surface area contributed by atoms with Gasteiger partial charge in [-0.25, -0.2) is 4.39 Å². The van der Waals surface area contributed by atoms with E-state index in [0.717, 1.165) is 13.2 Å². The number of aliphatic imine (C=N–C) groups is 1. The molecule has 1 fully saturated rings. The maximum atomic E-state index is 14.8. The maximum absolute atomic E-state index is 14.8. The number of phenols is 2. The molecule has 0 bridgehead atoms. The zero-order chi connectivity index (χ0) is 41.5. The van der Waals surface area contributed by atoms with E-state index in [4.69, 9.17) is 14.2 Å². The molecule has 0 aromatic heterocycles. The van der Waals surface area contributed by atoms with Crippen molar-refractivity contribution in [1.82, 2.24) is 5.32 Å². The highest BCUT2D eigenvalue weighted by atomic mass is 19.1. The average Bonchev–Trinajstić information content (AvgIpc) is 3.15. The Balaban J connectivity index is 1.35. The normalized spacial score (nSPS) is 30.1. The molecule has 16 nitrogen and oxygen atoms in total. The average molecular weight is 791 g/mol. The summed E-state index contributed by atoms with van der Waals surface area (Å²) in [6.07, 6.45) is -7.43. The Hall–Kier alpha value is -5.27. The highest BCUT2D eigenvalue weighted by molar-refractivity contribution is 6.53. The second-order valence-corrected chi connectivity index (χ2v) is 14.6. The van der Waals surface area contributed by atoms with Crippen molar-refractivity contribution in [2.75, 3.05) is 20.8 Å². The summed E-state index contributed by atoms with van der Waals surface area (Å²) in [5.74, 6) is -9.18. The molecule has 17 heteroatoms. The number of aromatic hydroxyl groups is 2. The lowest BCUT2D eigenvalue weighted by Crippen LogP contribution is -2.73. The van der Waals surface area contributed by atoms with Crippen LogP contribution in [0.2, 0.25) is 0 Å². The molecule has 57 heavy (non-hydrogen) atoms. The smallest absolute Gasteiger partial charge is 0.255 e. The number of ether oxygens (including phenoxy) is 3. The number of carbonyl (C=O) groups excluding carboxylic acids is 5. The lowest BCUT2D eigenvalue weighted by Gasteiger charge is -2.53. The summed E-state index contributed by atoms with van der Waals surface area (Å²) in [5.41, 5.74) is -9.93. The fraction of sp³-hybridized carbons (Fsp3) is 0.400. The quantitative estimate of drug-likeness (QED) is 0.176. The first-order chi connectivity index (χ1) is 27.0. The minimum absolute atomic E-state index is 0.0340. The largest absolute Gasteiger partial charge is 0.507 e. The number of hydrogen-bond acceptors (Lipinski definition) is 15. The van der Waals surface area contributed by atoms with Gasteiger partial charge in [0.25, 0.3) is 5.91 Å². The molecular formula is C40H39FN2O14. The molecule has 0 radical (unpaired) electrons. The van der Waals surface area contributed by atoms with E-state index < -0.39 is 153 Å². The number of amides is 1. The molecule has 7 rings (SSSR count). The molecule has 4 aliphatic rings. The number of fused-ring (bicyclic) bond motifs is 5. The molecule has 300 valence electrons. The number of carbonyl (C=O) groups is 5. The first kappa shape index (κ1) is 39.9. The summed E-state index contributed by atoms with van der Waals surface area (Å²) in [7, 11) is 2.24. The van der Waals surface area contributed by atoms with Crippen molar-refractivity contribution in [2.24, 2.45) is 10.9 Å². The number of nitrogens with one attached hydrogen (secondary N) is 1. The van der Waals surface area contributed by atoms with Gasteiger partial charge in [-0.15, -0.1) is 0 Å². The van der Waals surface area contributed by atoms with Crippen LogP contribution >= 0.6 is 0 Å². The molecule has 1 aliphatic heterocycles. The lowest BCUT2D eigenvalue weighted by molar-refractivity contribution is -0.206. The number of methoxy groups -OCH3 is 2. The van der Waals surface area contributed by atoms with E-state index >= 15 is 0 Å². The Labute approximate surface area is 323 Å². The van der Waals surface area contributed by atoms with Crippen molar-refractivity contribution >= 4 is 34.8 Å². The molecule has 0 spiro atoms. The molecule has 8 atom stereocenters. The Bertz CT molecular complexity index is 2290. The monoisotopic (exact) mass is 790 g/mol. The van der Waals surface area contributed by atoms with Crippen molar-refractivity contribution in [3.63, 3.8) is 0 Å². The van der Waals surface area contributed by atoms with Gasteiger partial charge < -0.3 is 50.2 Å². The summed E-state index contributed by atoms with van der Waals surface area (Å²) in [6.45, 7) is 2.26. The Morgan fingerprint density at radius 2 is 1.70 bits per heavy atom. The molecule has 3 aromatic rings. The van der Waals surface area contributed by atoms with E-state index in [1.54, 1.807) is 6.92 Å². The standard InChI is InChI=1S/C40H39FN2O14/c1-15-9-18-10-25(46)40(56-4)36(52)28-21(35(51)39(40,54)29(18)33(50)26(15)37(53)42-13-17-5-7-19(41)8-6-17)11-20-27(32(28)49)24(45)12-23(30(20)47)43-38-22(14-44)31(48)34(55-3)16(2)57-38/h5-9,11,16,22,25,31,34,38,44,46,48-50,54H,10,12-14H2,1-4H3,(H,42,53)/t16-,22+,25+,31-,34-,38?,39-,40+/m0/s1. The van der Waals surface area contributed by atoms with Gasteiger partial charge in [0, 0.05) is 43.9 Å². The second kappa shape index (κ2) is 14.3. The lowest BCUT2D eigenvalue weighted by atomic mass is 9.56. The van der Waals surface area contributed by atoms with Gasteiger partial charge in [-0.1, -0.05) is 18.2 Å². The van der Waals surface area contributed by atoms with Crippen LogP contribution in [-0.2, 0) is 32.8 Å². The second-order valence-electron chi connectivity index (χ2n) is 14.6. The number of halogens is 1. The number of Topliss-reactive ketones (excluding diaryl/α,β-unsaturated/α-hetero) is 4. The van der Waals surface area contributed by atoms with Crippen LogP contribution in [0.25, 0.3) is 0 Å². The topological polar surface area (TPSA) is 259 Å². The Morgan fingerprint density at radius 3 is 2.33 bits per heavy atom. The van der Waals surface area contributed by atoms with E-state index in [2.05, 4.69) is 10.3 Å². The minimum atomic E-state index is -3.30. The predicted octanol–water partition coefficient (Wildman–Crippen LogP) is 0.984. The summed E-state index contributed by atoms with van der Waals surface area (Å²) in [5, 5.41) is 71.1. The number of hydrogen-bond donors (Lipinski definition) is 7. The molecular weight excluding hydrogens is 751 g/mol. The van der Waals surface area contributed by atoms with Crippen LogP contribution in [0.4, 0.5) is 4.39 Å². The van der Waals surface area contributed by atoms with Crippen LogP contribution in [0.1, 0.15) is 87.4 Å².